The number of guanidine groups is 1. The Labute approximate surface area is 120 Å². The van der Waals surface area contributed by atoms with Crippen LogP contribution in [0.3, 0.4) is 0 Å². The summed E-state index contributed by atoms with van der Waals surface area (Å²) in [5.74, 6) is 0.553. The van der Waals surface area contributed by atoms with E-state index in [2.05, 4.69) is 67.7 Å². The van der Waals surface area contributed by atoms with E-state index in [-0.39, 0.29) is 0 Å². The molecule has 3 rings (SSSR count). The molecule has 3 nitrogen and oxygen atoms in total. The van der Waals surface area contributed by atoms with Crippen molar-refractivity contribution in [2.75, 3.05) is 13.1 Å². The Balaban J connectivity index is 2.17. The smallest absolute Gasteiger partial charge is 0.305 e. The number of aryl methyl sites for hydroxylation is 2. The molecule has 0 unspecified atom stereocenters. The average Bonchev–Trinajstić information content (AvgIpc) is 2.83. The molecule has 20 heavy (non-hydrogen) atoms. The Morgan fingerprint density at radius 1 is 0.850 bits per heavy atom. The minimum atomic E-state index is 0.487. The summed E-state index contributed by atoms with van der Waals surface area (Å²) in [6.07, 6.45) is 0. The molecule has 0 amide bonds. The lowest BCUT2D eigenvalue weighted by molar-refractivity contribution is 0.604. The summed E-state index contributed by atoms with van der Waals surface area (Å²) in [6, 6.07) is 17.0. The van der Waals surface area contributed by atoms with Crippen molar-refractivity contribution in [3.05, 3.63) is 59.7 Å². The number of hydrogen-bond acceptors (Lipinski definition) is 1. The first-order chi connectivity index (χ1) is 9.63. The van der Waals surface area contributed by atoms with Crippen molar-refractivity contribution in [1.82, 2.24) is 9.80 Å². The fraction of sp³-hybridized carbons (Fsp3) is 0.235. The Morgan fingerprint density at radius 2 is 1.30 bits per heavy atom. The molecular weight excluding hydrogens is 246 g/mol. The second kappa shape index (κ2) is 4.76. The van der Waals surface area contributed by atoms with Crippen LogP contribution in [-0.4, -0.2) is 19.0 Å². The lowest BCUT2D eigenvalue weighted by atomic mass is 10.1. The standard InChI is InChI=1S/C17H20N3/c1-13-3-7-15(8-4-13)20(12-11-19-17(20)18)16-9-5-14(2)6-10-16/h3-10H,11-12H2,1-2H3,(H2,18,19)/q+1. The number of hydrogen-bond donors (Lipinski definition) is 2. The van der Waals surface area contributed by atoms with Crippen LogP contribution in [0.2, 0.25) is 0 Å². The summed E-state index contributed by atoms with van der Waals surface area (Å²) in [7, 11) is 0. The zero-order chi connectivity index (χ0) is 14.2. The molecule has 1 saturated heterocycles. The molecule has 0 spiro atoms. The summed E-state index contributed by atoms with van der Waals surface area (Å²) in [5.41, 5.74) is 4.79. The highest BCUT2D eigenvalue weighted by Gasteiger charge is 2.43. The summed E-state index contributed by atoms with van der Waals surface area (Å²) >= 11 is 0. The quantitative estimate of drug-likeness (QED) is 0.802. The largest absolute Gasteiger partial charge is 0.318 e. The highest BCUT2D eigenvalue weighted by molar-refractivity contribution is 5.97. The van der Waals surface area contributed by atoms with E-state index in [1.54, 1.807) is 0 Å². The van der Waals surface area contributed by atoms with Crippen LogP contribution in [-0.2, 0) is 0 Å². The van der Waals surface area contributed by atoms with Gasteiger partial charge in [0, 0.05) is 24.3 Å². The maximum atomic E-state index is 8.40. The van der Waals surface area contributed by atoms with Gasteiger partial charge in [0.15, 0.2) is 0 Å². The van der Waals surface area contributed by atoms with Crippen LogP contribution in [0.5, 0.6) is 0 Å². The average molecular weight is 266 g/mol. The van der Waals surface area contributed by atoms with Gasteiger partial charge in [-0.15, -0.1) is 0 Å². The molecule has 0 saturated carbocycles. The maximum absolute atomic E-state index is 8.40. The molecule has 0 aliphatic carbocycles. The van der Waals surface area contributed by atoms with Gasteiger partial charge < -0.3 is 5.32 Å². The first-order valence-corrected chi connectivity index (χ1v) is 6.98. The molecule has 1 fully saturated rings. The van der Waals surface area contributed by atoms with Crippen LogP contribution in [0.4, 0.5) is 11.4 Å². The molecule has 3 heteroatoms. The predicted octanol–water partition coefficient (Wildman–Crippen LogP) is 3.48. The van der Waals surface area contributed by atoms with Gasteiger partial charge in [-0.1, -0.05) is 35.4 Å². The number of nitrogens with one attached hydrogen (secondary N) is 2. The highest BCUT2D eigenvalue weighted by Crippen LogP contribution is 2.36. The first kappa shape index (κ1) is 12.9. The minimum Gasteiger partial charge on any atom is -0.318 e. The molecule has 0 atom stereocenters. The topological polar surface area (TPSA) is 35.9 Å². The van der Waals surface area contributed by atoms with Crippen LogP contribution >= 0.6 is 0 Å². The second-order valence-corrected chi connectivity index (χ2v) is 5.48. The van der Waals surface area contributed by atoms with Crippen LogP contribution in [0, 0.1) is 19.3 Å². The van der Waals surface area contributed by atoms with Gasteiger partial charge in [-0.25, -0.2) is 5.41 Å². The SMILES string of the molecule is Cc1ccc([N+]2(c3ccc(C)cc3)CCNC2=N)cc1. The van der Waals surface area contributed by atoms with Crippen LogP contribution in [0.15, 0.2) is 48.5 Å². The van der Waals surface area contributed by atoms with Crippen molar-refractivity contribution < 1.29 is 0 Å². The molecule has 0 aromatic heterocycles. The molecule has 1 aliphatic rings. The first-order valence-electron chi connectivity index (χ1n) is 6.98. The highest BCUT2D eigenvalue weighted by atomic mass is 15.5. The van der Waals surface area contributed by atoms with E-state index < -0.39 is 0 Å². The number of quaternary nitrogens is 1. The summed E-state index contributed by atoms with van der Waals surface area (Å²) in [5, 5.41) is 11.6. The van der Waals surface area contributed by atoms with Crippen LogP contribution < -0.4 is 9.80 Å². The zero-order valence-electron chi connectivity index (χ0n) is 12.0. The summed E-state index contributed by atoms with van der Waals surface area (Å²) < 4.78 is 0.487. The predicted molar refractivity (Wildman–Crippen MR) is 84.4 cm³/mol. The van der Waals surface area contributed by atoms with Gasteiger partial charge in [0.2, 0.25) is 0 Å². The Hall–Kier alpha value is -2.13. The molecule has 102 valence electrons. The van der Waals surface area contributed by atoms with Crippen molar-refractivity contribution >= 4 is 17.3 Å². The van der Waals surface area contributed by atoms with Crippen LogP contribution in [0.1, 0.15) is 11.1 Å². The van der Waals surface area contributed by atoms with Crippen molar-refractivity contribution in [1.29, 1.82) is 5.41 Å². The van der Waals surface area contributed by atoms with Crippen LogP contribution in [0.25, 0.3) is 0 Å². The minimum absolute atomic E-state index is 0.487. The van der Waals surface area contributed by atoms with Gasteiger partial charge in [-0.3, -0.25) is 0 Å². The molecule has 2 aromatic rings. The Kier molecular flexibility index (Phi) is 3.07. The fourth-order valence-electron chi connectivity index (χ4n) is 2.85. The maximum Gasteiger partial charge on any atom is 0.305 e. The second-order valence-electron chi connectivity index (χ2n) is 5.48. The zero-order valence-corrected chi connectivity index (χ0v) is 12.0. The molecular formula is C17H20N3+. The molecule has 0 radical (unpaired) electrons. The Bertz CT molecular complexity index is 581. The number of rotatable bonds is 2. The molecule has 2 N–H and O–H groups in total. The Morgan fingerprint density at radius 3 is 1.65 bits per heavy atom. The fourth-order valence-corrected chi connectivity index (χ4v) is 2.85. The third-order valence-electron chi connectivity index (χ3n) is 4.07. The third kappa shape index (κ3) is 1.91. The molecule has 1 aliphatic heterocycles. The molecule has 0 bridgehead atoms. The lowest BCUT2D eigenvalue weighted by Crippen LogP contribution is -2.47. The molecule has 1 heterocycles. The van der Waals surface area contributed by atoms with E-state index in [0.717, 1.165) is 24.5 Å². The normalized spacial score (nSPS) is 17.0. The van der Waals surface area contributed by atoms with Crippen molar-refractivity contribution in [2.24, 2.45) is 0 Å². The van der Waals surface area contributed by atoms with Gasteiger partial charge in [-0.2, -0.15) is 4.48 Å². The van der Waals surface area contributed by atoms with Gasteiger partial charge in [-0.05, 0) is 13.8 Å². The monoisotopic (exact) mass is 266 g/mol. The van der Waals surface area contributed by atoms with E-state index in [9.17, 15) is 0 Å². The summed E-state index contributed by atoms with van der Waals surface area (Å²) in [6.45, 7) is 5.90. The summed E-state index contributed by atoms with van der Waals surface area (Å²) in [4.78, 5) is 0. The van der Waals surface area contributed by atoms with E-state index in [1.807, 2.05) is 0 Å². The lowest BCUT2D eigenvalue weighted by Gasteiger charge is -2.31. The van der Waals surface area contributed by atoms with Crippen molar-refractivity contribution in [2.45, 2.75) is 13.8 Å². The van der Waals surface area contributed by atoms with Gasteiger partial charge >= 0.3 is 5.96 Å². The van der Waals surface area contributed by atoms with Gasteiger partial charge in [0.1, 0.15) is 17.9 Å². The van der Waals surface area contributed by atoms with Crippen molar-refractivity contribution in [3.8, 4) is 0 Å². The number of benzene rings is 2. The number of nitrogens with zero attached hydrogens (tertiary/aromatic N) is 1. The van der Waals surface area contributed by atoms with E-state index in [4.69, 9.17) is 5.41 Å². The third-order valence-corrected chi connectivity index (χ3v) is 4.07. The van der Waals surface area contributed by atoms with E-state index >= 15 is 0 Å². The van der Waals surface area contributed by atoms with Crippen molar-refractivity contribution in [3.63, 3.8) is 0 Å². The van der Waals surface area contributed by atoms with Gasteiger partial charge in [0.05, 0.1) is 6.54 Å². The van der Waals surface area contributed by atoms with E-state index in [1.165, 1.54) is 11.1 Å². The van der Waals surface area contributed by atoms with Gasteiger partial charge in [0.25, 0.3) is 0 Å². The molecule has 2 aromatic carbocycles. The van der Waals surface area contributed by atoms with E-state index in [0.29, 0.717) is 10.4 Å².